The van der Waals surface area contributed by atoms with Crippen molar-refractivity contribution >= 4 is 28.4 Å². The zero-order valence-corrected chi connectivity index (χ0v) is 22.4. The molecular formula is C29H28FN7O4. The van der Waals surface area contributed by atoms with Gasteiger partial charge in [0.05, 0.1) is 41.3 Å². The van der Waals surface area contributed by atoms with E-state index in [1.165, 1.54) is 21.8 Å². The molecule has 5 heterocycles. The van der Waals surface area contributed by atoms with E-state index in [-0.39, 0.29) is 37.2 Å². The smallest absolute Gasteiger partial charge is 0.343 e. The lowest BCUT2D eigenvalue weighted by atomic mass is 9.86. The van der Waals surface area contributed by atoms with E-state index in [0.717, 1.165) is 5.56 Å². The Hall–Kier alpha value is -4.81. The van der Waals surface area contributed by atoms with Gasteiger partial charge in [-0.25, -0.2) is 25.0 Å². The third kappa shape index (κ3) is 4.10. The number of rotatable bonds is 5. The molecule has 12 heteroatoms. The number of esters is 1. The number of anilines is 1. The van der Waals surface area contributed by atoms with Crippen molar-refractivity contribution in [2.75, 3.05) is 5.73 Å². The fourth-order valence-corrected chi connectivity index (χ4v) is 5.53. The van der Waals surface area contributed by atoms with Gasteiger partial charge in [0.1, 0.15) is 18.2 Å². The van der Waals surface area contributed by atoms with Crippen LogP contribution < -0.4 is 22.9 Å². The molecule has 0 amide bonds. The summed E-state index contributed by atoms with van der Waals surface area (Å²) in [6.45, 7) is 3.38. The number of hydrogen-bond donors (Lipinski definition) is 4. The maximum absolute atomic E-state index is 14.7. The number of hydrogen-bond acceptors (Lipinski definition) is 10. The first-order valence-electron chi connectivity index (χ1n) is 13.0. The van der Waals surface area contributed by atoms with E-state index in [1.807, 2.05) is 0 Å². The van der Waals surface area contributed by atoms with Crippen LogP contribution in [-0.2, 0) is 34.8 Å². The Bertz CT molecular complexity index is 1850. The fourth-order valence-electron chi connectivity index (χ4n) is 5.53. The first kappa shape index (κ1) is 26.4. The number of aryl methyl sites for hydroxylation is 1. The summed E-state index contributed by atoms with van der Waals surface area (Å²) in [4.78, 5) is 35.0. The summed E-state index contributed by atoms with van der Waals surface area (Å²) < 4.78 is 21.4. The Morgan fingerprint density at radius 1 is 1.27 bits per heavy atom. The molecule has 0 aliphatic carbocycles. The van der Waals surface area contributed by atoms with Crippen LogP contribution in [0.4, 0.5) is 10.2 Å². The monoisotopic (exact) mass is 557 g/mol. The maximum Gasteiger partial charge on any atom is 0.343 e. The quantitative estimate of drug-likeness (QED) is 0.142. The molecular weight excluding hydrogens is 529 g/mol. The molecule has 1 atom stereocenters. The maximum atomic E-state index is 14.7. The van der Waals surface area contributed by atoms with Crippen LogP contribution in [0, 0.1) is 12.7 Å². The number of carbonyl (C=O) groups is 1. The molecule has 3 aromatic heterocycles. The molecule has 1 aromatic carbocycles. The third-order valence-corrected chi connectivity index (χ3v) is 7.85. The molecule has 0 unspecified atom stereocenters. The fraction of sp³-hybridized carbons (Fsp3) is 0.241. The van der Waals surface area contributed by atoms with Crippen molar-refractivity contribution < 1.29 is 19.0 Å². The predicted octanol–water partition coefficient (Wildman–Crippen LogP) is 2.14. The largest absolute Gasteiger partial charge is 0.458 e. The zero-order chi connectivity index (χ0) is 29.2. The molecule has 4 aromatic rings. The van der Waals surface area contributed by atoms with Crippen molar-refractivity contribution in [2.45, 2.75) is 45.6 Å². The van der Waals surface area contributed by atoms with Crippen LogP contribution in [0.3, 0.4) is 0 Å². The van der Waals surface area contributed by atoms with Crippen LogP contribution in [0.2, 0.25) is 0 Å². The molecule has 11 nitrogen and oxygen atoms in total. The molecule has 0 saturated heterocycles. The van der Waals surface area contributed by atoms with Crippen LogP contribution in [-0.4, -0.2) is 30.6 Å². The van der Waals surface area contributed by atoms with E-state index in [2.05, 4.69) is 4.98 Å². The molecule has 0 fully saturated rings. The van der Waals surface area contributed by atoms with Gasteiger partial charge < -0.3 is 30.9 Å². The number of aromatic nitrogens is 3. The lowest BCUT2D eigenvalue weighted by Crippen LogP contribution is -2.44. The molecule has 210 valence electrons. The Balaban J connectivity index is 1.52. The lowest BCUT2D eigenvalue weighted by molar-refractivity contribution is -0.172. The Labute approximate surface area is 233 Å². The standard InChI is InChI=1S/C29H28FN7O4/c1-3-29(40)20-7-24-26-18(11-37(24)27(38)19(20)13-41-28(29)39)17(16-6-14(2)21(30)8-23(16)35-26)10-36(33)12-22(31)15-4-5-25(32)34-9-15/h4-9,12,40H,3,10-11,13,31,33H2,1-2H3,(H2,32,34)/b22-12-/t29-/m0/s1. The summed E-state index contributed by atoms with van der Waals surface area (Å²) in [7, 11) is 0. The molecule has 0 spiro atoms. The van der Waals surface area contributed by atoms with Crippen molar-refractivity contribution in [3.63, 3.8) is 0 Å². The second-order valence-corrected chi connectivity index (χ2v) is 10.4. The number of nitrogens with zero attached hydrogens (tertiary/aromatic N) is 4. The van der Waals surface area contributed by atoms with E-state index in [9.17, 15) is 19.1 Å². The van der Waals surface area contributed by atoms with Gasteiger partial charge in [0, 0.05) is 40.5 Å². The Morgan fingerprint density at radius 3 is 2.76 bits per heavy atom. The normalized spacial score (nSPS) is 17.7. The summed E-state index contributed by atoms with van der Waals surface area (Å²) in [5, 5.41) is 13.2. The zero-order valence-electron chi connectivity index (χ0n) is 22.4. The molecule has 0 saturated carbocycles. The van der Waals surface area contributed by atoms with Crippen LogP contribution in [0.1, 0.15) is 46.7 Å². The van der Waals surface area contributed by atoms with Crippen LogP contribution >= 0.6 is 0 Å². The van der Waals surface area contributed by atoms with Gasteiger partial charge in [-0.2, -0.15) is 0 Å². The molecule has 0 bridgehead atoms. The summed E-state index contributed by atoms with van der Waals surface area (Å²) in [6, 6.07) is 8.02. The molecule has 0 radical (unpaired) electrons. The van der Waals surface area contributed by atoms with Gasteiger partial charge >= 0.3 is 5.97 Å². The topological polar surface area (TPSA) is 176 Å². The van der Waals surface area contributed by atoms with Gasteiger partial charge in [0.15, 0.2) is 5.60 Å². The van der Waals surface area contributed by atoms with Crippen LogP contribution in [0.5, 0.6) is 0 Å². The number of cyclic esters (lactones) is 1. The van der Waals surface area contributed by atoms with Crippen molar-refractivity contribution in [3.8, 4) is 11.4 Å². The van der Waals surface area contributed by atoms with E-state index >= 15 is 0 Å². The summed E-state index contributed by atoms with van der Waals surface area (Å²) in [5.41, 5.74) is 14.1. The highest BCUT2D eigenvalue weighted by atomic mass is 19.1. The molecule has 2 aliphatic heterocycles. The number of nitrogen functional groups attached to an aromatic ring is 1. The Kier molecular flexibility index (Phi) is 6.05. The van der Waals surface area contributed by atoms with Crippen molar-refractivity contribution in [1.82, 2.24) is 19.5 Å². The Morgan fingerprint density at radius 2 is 2.05 bits per heavy atom. The van der Waals surface area contributed by atoms with Crippen molar-refractivity contribution in [3.05, 3.63) is 92.3 Å². The summed E-state index contributed by atoms with van der Waals surface area (Å²) >= 11 is 0. The van der Waals surface area contributed by atoms with Crippen molar-refractivity contribution in [1.29, 1.82) is 0 Å². The summed E-state index contributed by atoms with van der Waals surface area (Å²) in [6.07, 6.45) is 3.12. The second kappa shape index (κ2) is 9.39. The van der Waals surface area contributed by atoms with E-state index in [1.54, 1.807) is 44.3 Å². The first-order valence-corrected chi connectivity index (χ1v) is 13.0. The first-order chi connectivity index (χ1) is 19.5. The number of nitrogens with two attached hydrogens (primary N) is 3. The van der Waals surface area contributed by atoms with Crippen LogP contribution in [0.25, 0.3) is 28.0 Å². The average Bonchev–Trinajstić information content (AvgIpc) is 3.31. The van der Waals surface area contributed by atoms with E-state index < -0.39 is 22.9 Å². The molecule has 41 heavy (non-hydrogen) atoms. The lowest BCUT2D eigenvalue weighted by Gasteiger charge is -2.31. The minimum atomic E-state index is -1.96. The van der Waals surface area contributed by atoms with Gasteiger partial charge in [0.2, 0.25) is 0 Å². The van der Waals surface area contributed by atoms with E-state index in [4.69, 9.17) is 27.0 Å². The highest BCUT2D eigenvalue weighted by Gasteiger charge is 2.45. The number of carbonyl (C=O) groups excluding carboxylic acids is 1. The highest BCUT2D eigenvalue weighted by Crippen LogP contribution is 2.40. The molecule has 7 N–H and O–H groups in total. The number of fused-ring (bicyclic) bond motifs is 5. The summed E-state index contributed by atoms with van der Waals surface area (Å²) in [5.74, 6) is 5.54. The third-order valence-electron chi connectivity index (χ3n) is 7.85. The number of pyridine rings is 3. The number of aliphatic hydroxyl groups is 1. The second-order valence-electron chi connectivity index (χ2n) is 10.4. The molecule has 2 aliphatic rings. The minimum absolute atomic E-state index is 0.0227. The number of halogens is 1. The highest BCUT2D eigenvalue weighted by molar-refractivity contribution is 5.89. The van der Waals surface area contributed by atoms with Gasteiger partial charge in [-0.05, 0) is 48.7 Å². The number of ether oxygens (including phenoxy) is 1. The molecule has 6 rings (SSSR count). The number of benzene rings is 1. The van der Waals surface area contributed by atoms with Crippen LogP contribution in [0.15, 0.2) is 47.5 Å². The number of hydrazine groups is 1. The van der Waals surface area contributed by atoms with Gasteiger partial charge in [0.25, 0.3) is 5.56 Å². The van der Waals surface area contributed by atoms with Crippen molar-refractivity contribution in [2.24, 2.45) is 11.6 Å². The average molecular weight is 558 g/mol. The van der Waals surface area contributed by atoms with Gasteiger partial charge in [-0.1, -0.05) is 6.92 Å². The predicted molar refractivity (Wildman–Crippen MR) is 150 cm³/mol. The van der Waals surface area contributed by atoms with Gasteiger partial charge in [-0.3, -0.25) is 4.79 Å². The SMILES string of the molecule is CC[C@@]1(O)C(=O)OCc2c1cc1n(c2=O)Cc2c-1nc1cc(F)c(C)cc1c2CN(N)/C=C(\N)c1ccc(N)nc1. The van der Waals surface area contributed by atoms with E-state index in [0.29, 0.717) is 50.5 Å². The minimum Gasteiger partial charge on any atom is -0.458 e. The van der Waals surface area contributed by atoms with Gasteiger partial charge in [-0.15, -0.1) is 0 Å².